The Morgan fingerprint density at radius 2 is 2.10 bits per heavy atom. The van der Waals surface area contributed by atoms with Crippen molar-refractivity contribution in [2.45, 2.75) is 24.3 Å². The summed E-state index contributed by atoms with van der Waals surface area (Å²) < 4.78 is 4.76. The highest BCUT2D eigenvalue weighted by Gasteiger charge is 2.44. The number of hydrogen-bond donors (Lipinski definition) is 0. The Labute approximate surface area is 121 Å². The second-order valence-electron chi connectivity index (χ2n) is 5.24. The zero-order chi connectivity index (χ0) is 14.0. The SMILES string of the molecule is COC(=O)CC1(CSc2cnc3ccccc3n2)CC1. The van der Waals surface area contributed by atoms with Crippen molar-refractivity contribution < 1.29 is 9.53 Å². The summed E-state index contributed by atoms with van der Waals surface area (Å²) in [6, 6.07) is 7.84. The first-order valence-electron chi connectivity index (χ1n) is 6.62. The summed E-state index contributed by atoms with van der Waals surface area (Å²) in [4.78, 5) is 20.4. The molecular weight excluding hydrogens is 272 g/mol. The number of benzene rings is 1. The Hall–Kier alpha value is -1.62. The van der Waals surface area contributed by atoms with Gasteiger partial charge in [0.2, 0.25) is 0 Å². The van der Waals surface area contributed by atoms with Gasteiger partial charge in [0.25, 0.3) is 0 Å². The molecule has 2 aromatic rings. The number of para-hydroxylation sites is 2. The summed E-state index contributed by atoms with van der Waals surface area (Å²) in [6.07, 6.45) is 4.50. The van der Waals surface area contributed by atoms with Crippen LogP contribution < -0.4 is 0 Å². The lowest BCUT2D eigenvalue weighted by molar-refractivity contribution is -0.141. The highest BCUT2D eigenvalue weighted by atomic mass is 32.2. The van der Waals surface area contributed by atoms with Crippen LogP contribution in [-0.2, 0) is 9.53 Å². The van der Waals surface area contributed by atoms with Crippen LogP contribution in [0, 0.1) is 5.41 Å². The van der Waals surface area contributed by atoms with E-state index in [1.54, 1.807) is 18.0 Å². The molecule has 4 nitrogen and oxygen atoms in total. The first-order chi connectivity index (χ1) is 9.71. The Kier molecular flexibility index (Phi) is 3.61. The van der Waals surface area contributed by atoms with E-state index in [0.29, 0.717) is 6.42 Å². The first-order valence-corrected chi connectivity index (χ1v) is 7.61. The van der Waals surface area contributed by atoms with Gasteiger partial charge in [0.15, 0.2) is 0 Å². The smallest absolute Gasteiger partial charge is 0.306 e. The van der Waals surface area contributed by atoms with E-state index in [9.17, 15) is 4.79 Å². The van der Waals surface area contributed by atoms with Crippen LogP contribution in [0.4, 0.5) is 0 Å². The molecule has 0 saturated heterocycles. The molecule has 1 aliphatic rings. The summed E-state index contributed by atoms with van der Waals surface area (Å²) in [7, 11) is 1.44. The average Bonchev–Trinajstić information content (AvgIpc) is 3.25. The van der Waals surface area contributed by atoms with Crippen LogP contribution in [0.3, 0.4) is 0 Å². The molecule has 20 heavy (non-hydrogen) atoms. The minimum absolute atomic E-state index is 0.116. The number of carbonyl (C=O) groups excluding carboxylic acids is 1. The molecule has 0 unspecified atom stereocenters. The summed E-state index contributed by atoms with van der Waals surface area (Å²) in [6.45, 7) is 0. The standard InChI is InChI=1S/C15H16N2O2S/c1-19-14(18)8-15(6-7-15)10-20-13-9-16-11-4-2-3-5-12(11)17-13/h2-5,9H,6-8,10H2,1H3. The molecule has 1 saturated carbocycles. The maximum absolute atomic E-state index is 11.4. The van der Waals surface area contributed by atoms with Crippen LogP contribution in [0.1, 0.15) is 19.3 Å². The maximum Gasteiger partial charge on any atom is 0.306 e. The number of thioether (sulfide) groups is 1. The van der Waals surface area contributed by atoms with Crippen molar-refractivity contribution in [3.63, 3.8) is 0 Å². The quantitative estimate of drug-likeness (QED) is 0.625. The molecule has 0 atom stereocenters. The predicted molar refractivity (Wildman–Crippen MR) is 78.6 cm³/mol. The average molecular weight is 288 g/mol. The van der Waals surface area contributed by atoms with Gasteiger partial charge in [0.1, 0.15) is 5.03 Å². The summed E-state index contributed by atoms with van der Waals surface area (Å²) >= 11 is 1.68. The van der Waals surface area contributed by atoms with Gasteiger partial charge >= 0.3 is 5.97 Å². The predicted octanol–water partition coefficient (Wildman–Crippen LogP) is 3.07. The maximum atomic E-state index is 11.4. The van der Waals surface area contributed by atoms with Crippen LogP contribution in [0.25, 0.3) is 11.0 Å². The molecule has 0 aliphatic heterocycles. The van der Waals surface area contributed by atoms with Gasteiger partial charge in [0, 0.05) is 5.75 Å². The number of methoxy groups -OCH3 is 1. The van der Waals surface area contributed by atoms with Crippen molar-refractivity contribution in [2.24, 2.45) is 5.41 Å². The Bertz CT molecular complexity index is 641. The van der Waals surface area contributed by atoms with Crippen molar-refractivity contribution in [3.05, 3.63) is 30.5 Å². The molecule has 0 amide bonds. The molecule has 1 aromatic heterocycles. The minimum Gasteiger partial charge on any atom is -0.469 e. The van der Waals surface area contributed by atoms with Gasteiger partial charge in [-0.15, -0.1) is 11.8 Å². The molecule has 0 spiro atoms. The van der Waals surface area contributed by atoms with E-state index in [2.05, 4.69) is 9.97 Å². The number of ether oxygens (including phenoxy) is 1. The third-order valence-corrected chi connectivity index (χ3v) is 4.91. The summed E-state index contributed by atoms with van der Waals surface area (Å²) in [5.74, 6) is 0.780. The van der Waals surface area contributed by atoms with Crippen molar-refractivity contribution in [1.29, 1.82) is 0 Å². The topological polar surface area (TPSA) is 52.1 Å². The van der Waals surface area contributed by atoms with Crippen LogP contribution in [0.5, 0.6) is 0 Å². The fraction of sp³-hybridized carbons (Fsp3) is 0.400. The van der Waals surface area contributed by atoms with Gasteiger partial charge in [0.05, 0.1) is 30.8 Å². The van der Waals surface area contributed by atoms with Crippen molar-refractivity contribution in [1.82, 2.24) is 9.97 Å². The molecule has 1 aliphatic carbocycles. The molecule has 1 fully saturated rings. The molecule has 3 rings (SSSR count). The highest BCUT2D eigenvalue weighted by Crippen LogP contribution is 2.51. The van der Waals surface area contributed by atoms with Gasteiger partial charge in [-0.05, 0) is 30.4 Å². The van der Waals surface area contributed by atoms with E-state index in [0.717, 1.165) is 34.7 Å². The normalized spacial score (nSPS) is 16.1. The second-order valence-corrected chi connectivity index (χ2v) is 6.23. The van der Waals surface area contributed by atoms with E-state index in [-0.39, 0.29) is 11.4 Å². The molecule has 1 aromatic carbocycles. The third-order valence-electron chi connectivity index (χ3n) is 3.66. The summed E-state index contributed by atoms with van der Waals surface area (Å²) in [5.41, 5.74) is 1.94. The number of nitrogens with zero attached hydrogens (tertiary/aromatic N) is 2. The van der Waals surface area contributed by atoms with Crippen LogP contribution >= 0.6 is 11.8 Å². The van der Waals surface area contributed by atoms with E-state index >= 15 is 0 Å². The zero-order valence-corrected chi connectivity index (χ0v) is 12.2. The molecule has 5 heteroatoms. The Morgan fingerprint density at radius 3 is 2.80 bits per heavy atom. The number of carbonyl (C=O) groups is 1. The van der Waals surface area contributed by atoms with Crippen molar-refractivity contribution >= 4 is 28.8 Å². The van der Waals surface area contributed by atoms with E-state index in [1.165, 1.54) is 7.11 Å². The van der Waals surface area contributed by atoms with Crippen LogP contribution in [-0.4, -0.2) is 28.8 Å². The zero-order valence-electron chi connectivity index (χ0n) is 11.3. The van der Waals surface area contributed by atoms with Crippen LogP contribution in [0.15, 0.2) is 35.5 Å². The monoisotopic (exact) mass is 288 g/mol. The lowest BCUT2D eigenvalue weighted by atomic mass is 10.1. The van der Waals surface area contributed by atoms with Gasteiger partial charge in [-0.3, -0.25) is 9.78 Å². The first kappa shape index (κ1) is 13.4. The van der Waals surface area contributed by atoms with E-state index < -0.39 is 0 Å². The molecule has 0 N–H and O–H groups in total. The Balaban J connectivity index is 1.66. The number of aromatic nitrogens is 2. The minimum atomic E-state index is -0.118. The second kappa shape index (κ2) is 5.40. The van der Waals surface area contributed by atoms with Gasteiger partial charge in [-0.25, -0.2) is 4.98 Å². The fourth-order valence-corrected chi connectivity index (χ4v) is 3.30. The lowest BCUT2D eigenvalue weighted by Gasteiger charge is -2.12. The fourth-order valence-electron chi connectivity index (χ4n) is 2.16. The number of rotatable bonds is 5. The molecule has 1 heterocycles. The van der Waals surface area contributed by atoms with Crippen molar-refractivity contribution in [3.8, 4) is 0 Å². The number of fused-ring (bicyclic) bond motifs is 1. The van der Waals surface area contributed by atoms with E-state index in [4.69, 9.17) is 4.74 Å². The molecule has 0 radical (unpaired) electrons. The lowest BCUT2D eigenvalue weighted by Crippen LogP contribution is -2.13. The van der Waals surface area contributed by atoms with E-state index in [1.807, 2.05) is 24.3 Å². The highest BCUT2D eigenvalue weighted by molar-refractivity contribution is 7.99. The number of esters is 1. The number of hydrogen-bond acceptors (Lipinski definition) is 5. The van der Waals surface area contributed by atoms with Gasteiger partial charge in [-0.2, -0.15) is 0 Å². The van der Waals surface area contributed by atoms with Crippen molar-refractivity contribution in [2.75, 3.05) is 12.9 Å². The van der Waals surface area contributed by atoms with Crippen LogP contribution in [0.2, 0.25) is 0 Å². The molecule has 0 bridgehead atoms. The largest absolute Gasteiger partial charge is 0.469 e. The molecular formula is C15H16N2O2S. The molecule has 104 valence electrons. The van der Waals surface area contributed by atoms with Gasteiger partial charge in [-0.1, -0.05) is 12.1 Å². The van der Waals surface area contributed by atoms with Gasteiger partial charge < -0.3 is 4.74 Å². The Morgan fingerprint density at radius 1 is 1.35 bits per heavy atom. The summed E-state index contributed by atoms with van der Waals surface area (Å²) in [5, 5.41) is 0.917. The third kappa shape index (κ3) is 2.93.